The van der Waals surface area contributed by atoms with Gasteiger partial charge in [-0.05, 0) is 32.4 Å². The van der Waals surface area contributed by atoms with Crippen molar-refractivity contribution in [3.05, 3.63) is 81.0 Å². The molecule has 0 aliphatic rings. The van der Waals surface area contributed by atoms with Crippen LogP contribution in [0.3, 0.4) is 0 Å². The van der Waals surface area contributed by atoms with E-state index in [0.29, 0.717) is 25.2 Å². The number of amides is 1. The highest BCUT2D eigenvalue weighted by atomic mass is 16.2. The first-order valence-electron chi connectivity index (χ1n) is 9.42. The van der Waals surface area contributed by atoms with Gasteiger partial charge in [-0.15, -0.1) is 0 Å². The summed E-state index contributed by atoms with van der Waals surface area (Å²) in [7, 11) is 0. The van der Waals surface area contributed by atoms with Crippen LogP contribution in [0.15, 0.2) is 64.3 Å². The van der Waals surface area contributed by atoms with E-state index in [1.165, 1.54) is 21.5 Å². The lowest BCUT2D eigenvalue weighted by Crippen LogP contribution is -2.37. The van der Waals surface area contributed by atoms with Gasteiger partial charge in [-0.1, -0.05) is 29.8 Å². The Morgan fingerprint density at radius 3 is 2.55 bits per heavy atom. The largest absolute Gasteiger partial charge is 0.354 e. The summed E-state index contributed by atoms with van der Waals surface area (Å²) in [4.78, 5) is 36.3. The first-order valence-corrected chi connectivity index (χ1v) is 9.42. The second-order valence-corrected chi connectivity index (χ2v) is 6.77. The molecule has 0 aliphatic carbocycles. The number of carbonyl (C=O) groups excluding carboxylic acids is 1. The third-order valence-electron chi connectivity index (χ3n) is 4.55. The Hall–Kier alpha value is -3.55. The van der Waals surface area contributed by atoms with Crippen LogP contribution in [-0.4, -0.2) is 32.0 Å². The average Bonchev–Trinajstić information content (AvgIpc) is 2.73. The van der Waals surface area contributed by atoms with Crippen LogP contribution in [0.4, 0.5) is 0 Å². The molecule has 0 bridgehead atoms. The van der Waals surface area contributed by atoms with Gasteiger partial charge in [0, 0.05) is 37.0 Å². The van der Waals surface area contributed by atoms with Crippen LogP contribution in [0.2, 0.25) is 0 Å². The predicted molar refractivity (Wildman–Crippen MR) is 110 cm³/mol. The van der Waals surface area contributed by atoms with Crippen LogP contribution in [0.25, 0.3) is 11.3 Å². The molecule has 1 atom stereocenters. The summed E-state index contributed by atoms with van der Waals surface area (Å²) >= 11 is 0. The Morgan fingerprint density at radius 1 is 1.07 bits per heavy atom. The second kappa shape index (κ2) is 9.09. The molecule has 1 amide bonds. The monoisotopic (exact) mass is 393 g/mol. The molecule has 1 N–H and O–H groups in total. The quantitative estimate of drug-likeness (QED) is 0.614. The number of carbonyl (C=O) groups is 1. The van der Waals surface area contributed by atoms with Crippen molar-refractivity contribution >= 4 is 5.91 Å². The van der Waals surface area contributed by atoms with Crippen LogP contribution >= 0.6 is 0 Å². The van der Waals surface area contributed by atoms with Crippen LogP contribution in [-0.2, 0) is 11.3 Å². The maximum atomic E-state index is 12.5. The van der Waals surface area contributed by atoms with Gasteiger partial charge < -0.3 is 5.32 Å². The van der Waals surface area contributed by atoms with E-state index in [1.807, 2.05) is 31.2 Å². The number of hydrogen-bond donors (Lipinski definition) is 1. The highest BCUT2D eigenvalue weighted by Crippen LogP contribution is 2.16. The number of rotatable bonds is 7. The highest BCUT2D eigenvalue weighted by molar-refractivity contribution is 5.79. The SMILES string of the molecule is Cc1ccc(-c2ccc(=O)n(C(C)C(=O)NCCCn3ncccc3=O)n2)cc1. The molecule has 1 aromatic carbocycles. The Bertz CT molecular complexity index is 1100. The van der Waals surface area contributed by atoms with Crippen molar-refractivity contribution in [2.75, 3.05) is 6.54 Å². The first kappa shape index (κ1) is 20.2. The molecule has 1 unspecified atom stereocenters. The van der Waals surface area contributed by atoms with Crippen LogP contribution in [0.1, 0.15) is 24.9 Å². The molecule has 0 aliphatic heterocycles. The summed E-state index contributed by atoms with van der Waals surface area (Å²) < 4.78 is 2.53. The molecular weight excluding hydrogens is 370 g/mol. The van der Waals surface area contributed by atoms with Gasteiger partial charge in [0.25, 0.3) is 11.1 Å². The van der Waals surface area contributed by atoms with E-state index in [0.717, 1.165) is 11.1 Å². The van der Waals surface area contributed by atoms with Crippen molar-refractivity contribution in [3.8, 4) is 11.3 Å². The van der Waals surface area contributed by atoms with E-state index in [4.69, 9.17) is 0 Å². The van der Waals surface area contributed by atoms with Crippen LogP contribution in [0, 0.1) is 6.92 Å². The van der Waals surface area contributed by atoms with Crippen molar-refractivity contribution < 1.29 is 4.79 Å². The number of aryl methyl sites for hydroxylation is 2. The van der Waals surface area contributed by atoms with Crippen molar-refractivity contribution in [2.45, 2.75) is 32.9 Å². The molecule has 0 fully saturated rings. The summed E-state index contributed by atoms with van der Waals surface area (Å²) in [6.45, 7) is 4.38. The van der Waals surface area contributed by atoms with E-state index in [1.54, 1.807) is 25.3 Å². The topological polar surface area (TPSA) is 98.9 Å². The van der Waals surface area contributed by atoms with E-state index >= 15 is 0 Å². The van der Waals surface area contributed by atoms with Gasteiger partial charge in [0.2, 0.25) is 5.91 Å². The summed E-state index contributed by atoms with van der Waals surface area (Å²) in [5.41, 5.74) is 2.10. The molecule has 0 radical (unpaired) electrons. The number of aromatic nitrogens is 4. The van der Waals surface area contributed by atoms with Crippen molar-refractivity contribution in [1.82, 2.24) is 24.9 Å². The van der Waals surface area contributed by atoms with E-state index < -0.39 is 6.04 Å². The molecule has 2 heterocycles. The van der Waals surface area contributed by atoms with Crippen molar-refractivity contribution in [3.63, 3.8) is 0 Å². The van der Waals surface area contributed by atoms with Crippen LogP contribution < -0.4 is 16.4 Å². The van der Waals surface area contributed by atoms with E-state index in [2.05, 4.69) is 15.5 Å². The molecule has 8 heteroatoms. The first-order chi connectivity index (χ1) is 14.0. The molecule has 3 rings (SSSR count). The molecule has 0 saturated heterocycles. The summed E-state index contributed by atoms with van der Waals surface area (Å²) in [6, 6.07) is 13.1. The number of nitrogens with one attached hydrogen (secondary N) is 1. The average molecular weight is 393 g/mol. The maximum absolute atomic E-state index is 12.5. The normalized spacial score (nSPS) is 11.8. The zero-order chi connectivity index (χ0) is 20.8. The number of benzene rings is 1. The lowest BCUT2D eigenvalue weighted by atomic mass is 10.1. The Balaban J connectivity index is 1.63. The maximum Gasteiger partial charge on any atom is 0.267 e. The lowest BCUT2D eigenvalue weighted by Gasteiger charge is -2.15. The molecule has 0 spiro atoms. The smallest absolute Gasteiger partial charge is 0.267 e. The summed E-state index contributed by atoms with van der Waals surface area (Å²) in [5, 5.41) is 11.1. The minimum Gasteiger partial charge on any atom is -0.354 e. The van der Waals surface area contributed by atoms with Crippen LogP contribution in [0.5, 0.6) is 0 Å². The molecule has 29 heavy (non-hydrogen) atoms. The molecular formula is C21H23N5O3. The second-order valence-electron chi connectivity index (χ2n) is 6.77. The molecule has 2 aromatic heterocycles. The van der Waals surface area contributed by atoms with E-state index in [9.17, 15) is 14.4 Å². The van der Waals surface area contributed by atoms with Gasteiger partial charge in [-0.3, -0.25) is 14.4 Å². The summed E-state index contributed by atoms with van der Waals surface area (Å²) in [5.74, 6) is -0.311. The third kappa shape index (κ3) is 5.04. The lowest BCUT2D eigenvalue weighted by molar-refractivity contribution is -0.124. The fourth-order valence-electron chi connectivity index (χ4n) is 2.84. The van der Waals surface area contributed by atoms with Gasteiger partial charge in [0.1, 0.15) is 6.04 Å². The van der Waals surface area contributed by atoms with Crippen molar-refractivity contribution in [1.29, 1.82) is 0 Å². The van der Waals surface area contributed by atoms with Gasteiger partial charge in [0.15, 0.2) is 0 Å². The third-order valence-corrected chi connectivity index (χ3v) is 4.55. The van der Waals surface area contributed by atoms with Crippen molar-refractivity contribution in [2.24, 2.45) is 0 Å². The Labute approximate surface area is 167 Å². The zero-order valence-corrected chi connectivity index (χ0v) is 16.4. The predicted octanol–water partition coefficient (Wildman–Crippen LogP) is 1.54. The van der Waals surface area contributed by atoms with E-state index in [-0.39, 0.29) is 17.0 Å². The number of nitrogens with zero attached hydrogens (tertiary/aromatic N) is 4. The van der Waals surface area contributed by atoms with Gasteiger partial charge in [-0.2, -0.15) is 10.2 Å². The zero-order valence-electron chi connectivity index (χ0n) is 16.4. The fraction of sp³-hybridized carbons (Fsp3) is 0.286. The minimum absolute atomic E-state index is 0.184. The molecule has 8 nitrogen and oxygen atoms in total. The fourth-order valence-corrected chi connectivity index (χ4v) is 2.84. The summed E-state index contributed by atoms with van der Waals surface area (Å²) in [6.07, 6.45) is 2.09. The highest BCUT2D eigenvalue weighted by Gasteiger charge is 2.17. The van der Waals surface area contributed by atoms with Gasteiger partial charge >= 0.3 is 0 Å². The van der Waals surface area contributed by atoms with Gasteiger partial charge in [-0.25, -0.2) is 9.36 Å². The van der Waals surface area contributed by atoms with Gasteiger partial charge in [0.05, 0.1) is 5.69 Å². The Morgan fingerprint density at radius 2 is 1.83 bits per heavy atom. The standard InChI is InChI=1S/C21H23N5O3/c1-15-6-8-17(9-7-15)18-10-11-20(28)26(24-18)16(2)21(29)22-12-4-14-25-19(27)5-3-13-23-25/h3,5-11,13,16H,4,12,14H2,1-2H3,(H,22,29). The molecule has 150 valence electrons. The molecule has 3 aromatic rings. The Kier molecular flexibility index (Phi) is 6.33. The number of hydrogen-bond acceptors (Lipinski definition) is 5. The molecule has 0 saturated carbocycles. The minimum atomic E-state index is -0.759.